The molecule has 2 unspecified atom stereocenters. The summed E-state index contributed by atoms with van der Waals surface area (Å²) in [5, 5.41) is 9.02. The summed E-state index contributed by atoms with van der Waals surface area (Å²) in [5.74, 6) is 2.11. The van der Waals surface area contributed by atoms with Crippen molar-refractivity contribution in [1.82, 2.24) is 15.5 Å². The maximum atomic E-state index is 5.65. The summed E-state index contributed by atoms with van der Waals surface area (Å²) >= 11 is 1.87. The second kappa shape index (κ2) is 12.4. The number of hydrogen-bond donors (Lipinski definition) is 2. The minimum atomic E-state index is 0.495. The van der Waals surface area contributed by atoms with Gasteiger partial charge < -0.3 is 15.4 Å². The lowest BCUT2D eigenvalue weighted by Gasteiger charge is -2.38. The molecule has 1 aromatic heterocycles. The smallest absolute Gasteiger partial charge is 0.191 e. The Balaban J connectivity index is 1.84. The Morgan fingerprint density at radius 3 is 2.96 bits per heavy atom. The standard InChI is InChI=1S/C21H38N4OS/c1-5-22-21(23-11-8-13-26-16-17(2)3)24-15-18-9-6-12-25(4)20(18)19-10-7-14-27-19/h7,10,14,17-18,20H,5-6,8-9,11-13,15-16H2,1-4H3,(H2,22,23,24). The predicted molar refractivity (Wildman–Crippen MR) is 117 cm³/mol. The monoisotopic (exact) mass is 394 g/mol. The lowest BCUT2D eigenvalue weighted by atomic mass is 9.88. The van der Waals surface area contributed by atoms with E-state index in [0.29, 0.717) is 17.9 Å². The van der Waals surface area contributed by atoms with Crippen LogP contribution in [0.1, 0.15) is 51.0 Å². The predicted octanol–water partition coefficient (Wildman–Crippen LogP) is 3.75. The van der Waals surface area contributed by atoms with Crippen LogP contribution < -0.4 is 10.6 Å². The van der Waals surface area contributed by atoms with Gasteiger partial charge in [0.05, 0.1) is 0 Å². The van der Waals surface area contributed by atoms with Crippen molar-refractivity contribution < 1.29 is 4.74 Å². The van der Waals surface area contributed by atoms with E-state index in [1.807, 2.05) is 11.3 Å². The maximum Gasteiger partial charge on any atom is 0.191 e. The van der Waals surface area contributed by atoms with E-state index in [9.17, 15) is 0 Å². The molecule has 2 rings (SSSR count). The van der Waals surface area contributed by atoms with Crippen LogP contribution in [0, 0.1) is 11.8 Å². The molecule has 0 radical (unpaired) electrons. The number of ether oxygens (including phenoxy) is 1. The van der Waals surface area contributed by atoms with Gasteiger partial charge in [0.15, 0.2) is 5.96 Å². The van der Waals surface area contributed by atoms with Crippen LogP contribution in [-0.4, -0.2) is 57.3 Å². The fourth-order valence-corrected chi connectivity index (χ4v) is 4.59. The van der Waals surface area contributed by atoms with Crippen molar-refractivity contribution in [2.24, 2.45) is 16.8 Å². The highest BCUT2D eigenvalue weighted by molar-refractivity contribution is 7.10. The van der Waals surface area contributed by atoms with Crippen LogP contribution in [-0.2, 0) is 4.74 Å². The molecule has 0 spiro atoms. The fourth-order valence-electron chi connectivity index (χ4n) is 3.61. The van der Waals surface area contributed by atoms with E-state index in [1.165, 1.54) is 24.3 Å². The number of nitrogens with zero attached hydrogens (tertiary/aromatic N) is 2. The highest BCUT2D eigenvalue weighted by Crippen LogP contribution is 2.37. The zero-order valence-corrected chi connectivity index (χ0v) is 18.4. The summed E-state index contributed by atoms with van der Waals surface area (Å²) in [6, 6.07) is 4.93. The molecule has 0 saturated carbocycles. The van der Waals surface area contributed by atoms with Gasteiger partial charge in [-0.2, -0.15) is 0 Å². The molecule has 154 valence electrons. The molecule has 2 heterocycles. The zero-order valence-electron chi connectivity index (χ0n) is 17.5. The normalized spacial score (nSPS) is 21.6. The van der Waals surface area contributed by atoms with Crippen LogP contribution in [0.25, 0.3) is 0 Å². The highest BCUT2D eigenvalue weighted by Gasteiger charge is 2.31. The minimum Gasteiger partial charge on any atom is -0.381 e. The molecule has 6 heteroatoms. The Morgan fingerprint density at radius 2 is 2.26 bits per heavy atom. The summed E-state index contributed by atoms with van der Waals surface area (Å²) in [7, 11) is 2.25. The molecule has 2 atom stereocenters. The lowest BCUT2D eigenvalue weighted by molar-refractivity contribution is 0.108. The second-order valence-corrected chi connectivity index (χ2v) is 8.79. The molecule has 1 fully saturated rings. The van der Waals surface area contributed by atoms with E-state index >= 15 is 0 Å². The van der Waals surface area contributed by atoms with Gasteiger partial charge in [-0.15, -0.1) is 11.3 Å². The van der Waals surface area contributed by atoms with Crippen LogP contribution >= 0.6 is 11.3 Å². The van der Waals surface area contributed by atoms with Crippen molar-refractivity contribution in [3.8, 4) is 0 Å². The molecule has 27 heavy (non-hydrogen) atoms. The quantitative estimate of drug-likeness (QED) is 0.360. The summed E-state index contributed by atoms with van der Waals surface area (Å²) in [4.78, 5) is 8.88. The number of piperidine rings is 1. The summed E-state index contributed by atoms with van der Waals surface area (Å²) in [6.07, 6.45) is 3.51. The van der Waals surface area contributed by atoms with Crippen LogP contribution in [0.3, 0.4) is 0 Å². The first-order valence-corrected chi connectivity index (χ1v) is 11.3. The summed E-state index contributed by atoms with van der Waals surface area (Å²) < 4.78 is 5.65. The number of guanidine groups is 1. The molecule has 1 saturated heterocycles. The lowest BCUT2D eigenvalue weighted by Crippen LogP contribution is -2.40. The van der Waals surface area contributed by atoms with E-state index in [2.05, 4.69) is 60.9 Å². The number of hydrogen-bond acceptors (Lipinski definition) is 4. The van der Waals surface area contributed by atoms with Crippen LogP contribution in [0.5, 0.6) is 0 Å². The van der Waals surface area contributed by atoms with Gasteiger partial charge in [-0.1, -0.05) is 19.9 Å². The van der Waals surface area contributed by atoms with Crippen molar-refractivity contribution in [3.63, 3.8) is 0 Å². The Labute approximate surface area is 169 Å². The van der Waals surface area contributed by atoms with Gasteiger partial charge in [-0.3, -0.25) is 9.89 Å². The molecule has 5 nitrogen and oxygen atoms in total. The fraction of sp³-hybridized carbons (Fsp3) is 0.762. The van der Waals surface area contributed by atoms with Gasteiger partial charge in [0, 0.05) is 43.8 Å². The molecule has 0 bridgehead atoms. The van der Waals surface area contributed by atoms with Crippen molar-refractivity contribution in [2.75, 3.05) is 46.4 Å². The molecular weight excluding hydrogens is 356 g/mol. The van der Waals surface area contributed by atoms with Crippen LogP contribution in [0.15, 0.2) is 22.5 Å². The maximum absolute atomic E-state index is 5.65. The average molecular weight is 395 g/mol. The van der Waals surface area contributed by atoms with E-state index in [4.69, 9.17) is 9.73 Å². The Kier molecular flexibility index (Phi) is 10.2. The number of rotatable bonds is 10. The first-order chi connectivity index (χ1) is 13.1. The molecule has 0 amide bonds. The zero-order chi connectivity index (χ0) is 19.5. The molecule has 1 aromatic rings. The number of thiophene rings is 1. The van der Waals surface area contributed by atoms with Crippen molar-refractivity contribution in [1.29, 1.82) is 0 Å². The van der Waals surface area contributed by atoms with Crippen LogP contribution in [0.4, 0.5) is 0 Å². The Morgan fingerprint density at radius 1 is 1.41 bits per heavy atom. The number of likely N-dealkylation sites (tertiary alicyclic amines) is 1. The third-order valence-electron chi connectivity index (χ3n) is 4.88. The van der Waals surface area contributed by atoms with Gasteiger partial charge in [-0.05, 0) is 63.1 Å². The number of nitrogens with one attached hydrogen (secondary N) is 2. The van der Waals surface area contributed by atoms with Gasteiger partial charge in [0.1, 0.15) is 0 Å². The molecule has 1 aliphatic rings. The van der Waals surface area contributed by atoms with E-state index in [1.54, 1.807) is 0 Å². The van der Waals surface area contributed by atoms with Gasteiger partial charge in [-0.25, -0.2) is 0 Å². The Hall–Kier alpha value is -1.11. The van der Waals surface area contributed by atoms with Gasteiger partial charge in [0.25, 0.3) is 0 Å². The first kappa shape index (κ1) is 22.2. The van der Waals surface area contributed by atoms with Crippen molar-refractivity contribution in [3.05, 3.63) is 22.4 Å². The average Bonchev–Trinajstić information content (AvgIpc) is 3.16. The largest absolute Gasteiger partial charge is 0.381 e. The molecular formula is C21H38N4OS. The SMILES string of the molecule is CCNC(=NCC1CCCN(C)C1c1cccs1)NCCCOCC(C)C. The molecule has 1 aliphatic heterocycles. The summed E-state index contributed by atoms with van der Waals surface area (Å²) in [6.45, 7) is 11.9. The van der Waals surface area contributed by atoms with E-state index < -0.39 is 0 Å². The van der Waals surface area contributed by atoms with Crippen molar-refractivity contribution in [2.45, 2.75) is 46.1 Å². The molecule has 0 aromatic carbocycles. The number of aliphatic imine (C=N–C) groups is 1. The molecule has 2 N–H and O–H groups in total. The Bertz CT molecular complexity index is 532. The second-order valence-electron chi connectivity index (χ2n) is 7.81. The first-order valence-electron chi connectivity index (χ1n) is 10.4. The van der Waals surface area contributed by atoms with Crippen molar-refractivity contribution >= 4 is 17.3 Å². The highest BCUT2D eigenvalue weighted by atomic mass is 32.1. The summed E-state index contributed by atoms with van der Waals surface area (Å²) in [5.41, 5.74) is 0. The van der Waals surface area contributed by atoms with Crippen LogP contribution in [0.2, 0.25) is 0 Å². The molecule has 0 aliphatic carbocycles. The minimum absolute atomic E-state index is 0.495. The van der Waals surface area contributed by atoms with E-state index in [0.717, 1.165) is 45.2 Å². The van der Waals surface area contributed by atoms with Gasteiger partial charge >= 0.3 is 0 Å². The third kappa shape index (κ3) is 7.80. The topological polar surface area (TPSA) is 48.9 Å². The third-order valence-corrected chi connectivity index (χ3v) is 5.82. The van der Waals surface area contributed by atoms with Gasteiger partial charge in [0.2, 0.25) is 0 Å². The van der Waals surface area contributed by atoms with E-state index in [-0.39, 0.29) is 0 Å².